The SMILES string of the molecule is CCCc1csc(C2CCN(C(=O)CO)CC2)n1. The van der Waals surface area contributed by atoms with Crippen LogP contribution in [0.5, 0.6) is 0 Å². The number of rotatable bonds is 4. The highest BCUT2D eigenvalue weighted by molar-refractivity contribution is 7.09. The molecule has 0 aromatic carbocycles. The summed E-state index contributed by atoms with van der Waals surface area (Å²) in [5.41, 5.74) is 1.20. The molecule has 1 amide bonds. The van der Waals surface area contributed by atoms with E-state index in [1.165, 1.54) is 10.7 Å². The molecule has 0 aliphatic carbocycles. The Bertz CT molecular complexity index is 397. The fraction of sp³-hybridized carbons (Fsp3) is 0.692. The van der Waals surface area contributed by atoms with Crippen molar-refractivity contribution in [3.8, 4) is 0 Å². The maximum absolute atomic E-state index is 11.4. The third-order valence-electron chi connectivity index (χ3n) is 3.41. The number of aromatic nitrogens is 1. The first-order valence-corrected chi connectivity index (χ1v) is 7.45. The van der Waals surface area contributed by atoms with Crippen molar-refractivity contribution >= 4 is 17.2 Å². The Morgan fingerprint density at radius 3 is 2.89 bits per heavy atom. The van der Waals surface area contributed by atoms with Gasteiger partial charge in [0.1, 0.15) is 6.61 Å². The van der Waals surface area contributed by atoms with E-state index in [0.29, 0.717) is 5.92 Å². The predicted molar refractivity (Wildman–Crippen MR) is 71.7 cm³/mol. The molecule has 1 aromatic heterocycles. The molecule has 1 aliphatic heterocycles. The van der Waals surface area contributed by atoms with Crippen LogP contribution in [0.4, 0.5) is 0 Å². The summed E-state index contributed by atoms with van der Waals surface area (Å²) in [6.07, 6.45) is 4.11. The van der Waals surface area contributed by atoms with E-state index in [2.05, 4.69) is 17.3 Å². The number of aliphatic hydroxyl groups is 1. The lowest BCUT2D eigenvalue weighted by molar-refractivity contribution is -0.135. The Hall–Kier alpha value is -0.940. The van der Waals surface area contributed by atoms with Gasteiger partial charge in [-0.3, -0.25) is 4.79 Å². The average Bonchev–Trinajstić information content (AvgIpc) is 2.87. The van der Waals surface area contributed by atoms with Crippen molar-refractivity contribution in [1.29, 1.82) is 0 Å². The Balaban J connectivity index is 1.90. The fourth-order valence-electron chi connectivity index (χ4n) is 2.36. The van der Waals surface area contributed by atoms with E-state index in [4.69, 9.17) is 5.11 Å². The predicted octanol–water partition coefficient (Wildman–Crippen LogP) is 1.79. The number of carbonyl (C=O) groups is 1. The summed E-state index contributed by atoms with van der Waals surface area (Å²) in [5.74, 6) is 0.336. The fourth-order valence-corrected chi connectivity index (χ4v) is 3.38. The van der Waals surface area contributed by atoms with Gasteiger partial charge in [-0.15, -0.1) is 11.3 Å². The second-order valence-corrected chi connectivity index (χ2v) is 5.63. The largest absolute Gasteiger partial charge is 0.387 e. The second-order valence-electron chi connectivity index (χ2n) is 4.74. The van der Waals surface area contributed by atoms with Gasteiger partial charge in [0, 0.05) is 24.4 Å². The maximum Gasteiger partial charge on any atom is 0.248 e. The molecule has 100 valence electrons. The van der Waals surface area contributed by atoms with Crippen LogP contribution in [0.25, 0.3) is 0 Å². The monoisotopic (exact) mass is 268 g/mol. The van der Waals surface area contributed by atoms with Crippen molar-refractivity contribution in [1.82, 2.24) is 9.88 Å². The molecule has 0 unspecified atom stereocenters. The summed E-state index contributed by atoms with van der Waals surface area (Å²) < 4.78 is 0. The van der Waals surface area contributed by atoms with Crippen LogP contribution in [0.2, 0.25) is 0 Å². The Kier molecular flexibility index (Phi) is 4.72. The molecule has 1 aliphatic rings. The van der Waals surface area contributed by atoms with Gasteiger partial charge in [-0.05, 0) is 19.3 Å². The molecule has 4 nitrogen and oxygen atoms in total. The number of thiazole rings is 1. The number of amides is 1. The first-order valence-electron chi connectivity index (χ1n) is 6.57. The molecule has 1 aromatic rings. The smallest absolute Gasteiger partial charge is 0.248 e. The van der Waals surface area contributed by atoms with Crippen LogP contribution in [-0.4, -0.2) is 40.6 Å². The minimum atomic E-state index is -0.372. The summed E-state index contributed by atoms with van der Waals surface area (Å²) in [6, 6.07) is 0. The van der Waals surface area contributed by atoms with Crippen molar-refractivity contribution in [2.75, 3.05) is 19.7 Å². The molecule has 0 bridgehead atoms. The third-order valence-corrected chi connectivity index (χ3v) is 4.46. The van der Waals surface area contributed by atoms with Crippen LogP contribution in [-0.2, 0) is 11.2 Å². The van der Waals surface area contributed by atoms with E-state index in [1.54, 1.807) is 16.2 Å². The number of hydrogen-bond acceptors (Lipinski definition) is 4. The number of carbonyl (C=O) groups excluding carboxylic acids is 1. The van der Waals surface area contributed by atoms with Crippen LogP contribution in [0.1, 0.15) is 42.8 Å². The van der Waals surface area contributed by atoms with Crippen molar-refractivity contribution < 1.29 is 9.90 Å². The molecule has 1 N–H and O–H groups in total. The van der Waals surface area contributed by atoms with E-state index in [1.807, 2.05) is 0 Å². The second kappa shape index (κ2) is 6.29. The zero-order valence-electron chi connectivity index (χ0n) is 10.8. The van der Waals surface area contributed by atoms with Crippen LogP contribution >= 0.6 is 11.3 Å². The van der Waals surface area contributed by atoms with Gasteiger partial charge in [-0.2, -0.15) is 0 Å². The van der Waals surface area contributed by atoms with Crippen molar-refractivity contribution in [2.45, 2.75) is 38.5 Å². The molecule has 0 saturated carbocycles. The number of likely N-dealkylation sites (tertiary alicyclic amines) is 1. The van der Waals surface area contributed by atoms with E-state index in [-0.39, 0.29) is 12.5 Å². The van der Waals surface area contributed by atoms with Gasteiger partial charge in [0.05, 0.1) is 10.7 Å². The maximum atomic E-state index is 11.4. The van der Waals surface area contributed by atoms with E-state index < -0.39 is 0 Å². The van der Waals surface area contributed by atoms with Gasteiger partial charge in [-0.25, -0.2) is 4.98 Å². The minimum absolute atomic E-state index is 0.153. The lowest BCUT2D eigenvalue weighted by atomic mass is 9.97. The first-order chi connectivity index (χ1) is 8.74. The number of piperidine rings is 1. The highest BCUT2D eigenvalue weighted by Gasteiger charge is 2.25. The standard InChI is InChI=1S/C13H20N2O2S/c1-2-3-11-9-18-13(14-11)10-4-6-15(7-5-10)12(17)8-16/h9-10,16H,2-8H2,1H3. The number of nitrogens with zero attached hydrogens (tertiary/aromatic N) is 2. The van der Waals surface area contributed by atoms with Gasteiger partial charge in [0.25, 0.3) is 0 Å². The van der Waals surface area contributed by atoms with Crippen molar-refractivity contribution in [3.63, 3.8) is 0 Å². The molecule has 2 rings (SSSR count). The molecule has 2 heterocycles. The highest BCUT2D eigenvalue weighted by Crippen LogP contribution is 2.30. The van der Waals surface area contributed by atoms with Gasteiger partial charge >= 0.3 is 0 Å². The van der Waals surface area contributed by atoms with Crippen LogP contribution in [0.15, 0.2) is 5.38 Å². The first kappa shape index (κ1) is 13.5. The molecule has 0 atom stereocenters. The number of aryl methyl sites for hydroxylation is 1. The Labute approximate surface area is 112 Å². The zero-order valence-corrected chi connectivity index (χ0v) is 11.6. The third kappa shape index (κ3) is 3.09. The summed E-state index contributed by atoms with van der Waals surface area (Å²) >= 11 is 1.75. The lowest BCUT2D eigenvalue weighted by Crippen LogP contribution is -2.39. The molecular weight excluding hydrogens is 248 g/mol. The zero-order chi connectivity index (χ0) is 13.0. The van der Waals surface area contributed by atoms with E-state index >= 15 is 0 Å². The van der Waals surface area contributed by atoms with Crippen LogP contribution < -0.4 is 0 Å². The molecular formula is C13H20N2O2S. The summed E-state index contributed by atoms with van der Waals surface area (Å²) in [7, 11) is 0. The highest BCUT2D eigenvalue weighted by atomic mass is 32.1. The topological polar surface area (TPSA) is 53.4 Å². The summed E-state index contributed by atoms with van der Waals surface area (Å²) in [6.45, 7) is 3.28. The molecule has 0 radical (unpaired) electrons. The quantitative estimate of drug-likeness (QED) is 0.906. The Morgan fingerprint density at radius 2 is 2.28 bits per heavy atom. The van der Waals surface area contributed by atoms with E-state index in [9.17, 15) is 4.79 Å². The summed E-state index contributed by atoms with van der Waals surface area (Å²) in [4.78, 5) is 17.8. The van der Waals surface area contributed by atoms with Crippen LogP contribution in [0, 0.1) is 0 Å². The molecule has 1 saturated heterocycles. The van der Waals surface area contributed by atoms with Crippen molar-refractivity contribution in [2.24, 2.45) is 0 Å². The van der Waals surface area contributed by atoms with Crippen LogP contribution in [0.3, 0.4) is 0 Å². The minimum Gasteiger partial charge on any atom is -0.387 e. The van der Waals surface area contributed by atoms with Gasteiger partial charge in [0.15, 0.2) is 0 Å². The normalized spacial score (nSPS) is 17.1. The molecule has 18 heavy (non-hydrogen) atoms. The summed E-state index contributed by atoms with van der Waals surface area (Å²) in [5, 5.41) is 12.2. The van der Waals surface area contributed by atoms with Gasteiger partial charge in [0.2, 0.25) is 5.91 Å². The van der Waals surface area contributed by atoms with Crippen molar-refractivity contribution in [3.05, 3.63) is 16.1 Å². The van der Waals surface area contributed by atoms with E-state index in [0.717, 1.165) is 38.8 Å². The molecule has 1 fully saturated rings. The Morgan fingerprint density at radius 1 is 1.56 bits per heavy atom. The molecule has 0 spiro atoms. The van der Waals surface area contributed by atoms with Gasteiger partial charge < -0.3 is 10.0 Å². The number of hydrogen-bond donors (Lipinski definition) is 1. The van der Waals surface area contributed by atoms with Gasteiger partial charge in [-0.1, -0.05) is 13.3 Å². The molecule has 5 heteroatoms. The number of aliphatic hydroxyl groups excluding tert-OH is 1. The average molecular weight is 268 g/mol. The lowest BCUT2D eigenvalue weighted by Gasteiger charge is -2.30.